The molecule has 122 valence electrons. The van der Waals surface area contributed by atoms with Crippen molar-refractivity contribution < 1.29 is 4.74 Å². The molecule has 23 heavy (non-hydrogen) atoms. The fourth-order valence-electron chi connectivity index (χ4n) is 2.67. The van der Waals surface area contributed by atoms with Crippen LogP contribution in [0.1, 0.15) is 32.1 Å². The van der Waals surface area contributed by atoms with Crippen LogP contribution in [-0.4, -0.2) is 33.1 Å². The van der Waals surface area contributed by atoms with E-state index < -0.39 is 0 Å². The molecule has 1 aliphatic carbocycles. The average molecular weight is 335 g/mol. The van der Waals surface area contributed by atoms with Crippen molar-refractivity contribution >= 4 is 29.2 Å². The predicted octanol–water partition coefficient (Wildman–Crippen LogP) is 3.42. The van der Waals surface area contributed by atoms with Crippen molar-refractivity contribution in [2.45, 2.75) is 38.1 Å². The van der Waals surface area contributed by atoms with E-state index in [1.54, 1.807) is 19.4 Å². The molecule has 1 fully saturated rings. The minimum atomic E-state index is 0.142. The zero-order chi connectivity index (χ0) is 16.1. The molecule has 0 saturated heterocycles. The molecule has 0 amide bonds. The third kappa shape index (κ3) is 4.19. The van der Waals surface area contributed by atoms with Gasteiger partial charge in [0, 0.05) is 12.2 Å². The molecule has 2 N–H and O–H groups in total. The molecular weight excluding hydrogens is 316 g/mol. The van der Waals surface area contributed by atoms with Gasteiger partial charge in [-0.3, -0.25) is 0 Å². The van der Waals surface area contributed by atoms with Gasteiger partial charge in [-0.05, 0) is 36.6 Å². The molecule has 2 heterocycles. The van der Waals surface area contributed by atoms with Crippen molar-refractivity contribution in [3.05, 3.63) is 23.6 Å². The summed E-state index contributed by atoms with van der Waals surface area (Å²) in [5.74, 6) is 1.31. The molecule has 0 spiro atoms. The van der Waals surface area contributed by atoms with E-state index >= 15 is 0 Å². The Morgan fingerprint density at radius 1 is 1.13 bits per heavy atom. The van der Waals surface area contributed by atoms with Gasteiger partial charge in [-0.25, -0.2) is 4.98 Å². The molecule has 0 aromatic carbocycles. The molecule has 2 aromatic rings. The van der Waals surface area contributed by atoms with E-state index in [0.29, 0.717) is 29.5 Å². The topological polar surface area (TPSA) is 84.8 Å². The first kappa shape index (κ1) is 15.7. The Morgan fingerprint density at radius 2 is 1.91 bits per heavy atom. The maximum atomic E-state index is 6.02. The van der Waals surface area contributed by atoms with E-state index in [0.717, 1.165) is 12.8 Å². The molecule has 8 heteroatoms. The lowest BCUT2D eigenvalue weighted by Gasteiger charge is -2.22. The van der Waals surface area contributed by atoms with Gasteiger partial charge in [-0.15, -0.1) is 0 Å². The van der Waals surface area contributed by atoms with Gasteiger partial charge < -0.3 is 15.4 Å². The predicted molar refractivity (Wildman–Crippen MR) is 89.4 cm³/mol. The van der Waals surface area contributed by atoms with Crippen molar-refractivity contribution in [3.63, 3.8) is 0 Å². The minimum Gasteiger partial charge on any atom is -0.480 e. The summed E-state index contributed by atoms with van der Waals surface area (Å²) < 4.78 is 5.21. The molecule has 7 nitrogen and oxygen atoms in total. The molecule has 0 atom stereocenters. The number of hydrogen-bond donors (Lipinski definition) is 2. The quantitative estimate of drug-likeness (QED) is 0.866. The molecule has 2 aromatic heterocycles. The molecular formula is C15H19ClN6O. The van der Waals surface area contributed by atoms with Gasteiger partial charge in [0.25, 0.3) is 0 Å². The smallest absolute Gasteiger partial charge is 0.237 e. The van der Waals surface area contributed by atoms with Gasteiger partial charge in [0.05, 0.1) is 7.11 Å². The molecule has 0 aliphatic heterocycles. The first-order valence-corrected chi connectivity index (χ1v) is 8.06. The summed E-state index contributed by atoms with van der Waals surface area (Å²) in [6, 6.07) is 4.02. The van der Waals surface area contributed by atoms with Crippen LogP contribution in [0.2, 0.25) is 5.28 Å². The molecule has 0 bridgehead atoms. The SMILES string of the molecule is COc1ncccc1Nc1nc(Cl)nc(NC2CCCCC2)n1. The van der Waals surface area contributed by atoms with Gasteiger partial charge in [-0.2, -0.15) is 15.0 Å². The van der Waals surface area contributed by atoms with Crippen LogP contribution in [0, 0.1) is 0 Å². The second kappa shape index (κ2) is 7.41. The fourth-order valence-corrected chi connectivity index (χ4v) is 2.83. The largest absolute Gasteiger partial charge is 0.480 e. The standard InChI is InChI=1S/C15H19ClN6O/c1-23-12-11(8-5-9-17-12)19-15-21-13(16)20-14(22-15)18-10-6-3-2-4-7-10/h5,8-10H,2-4,6-7H2,1H3,(H2,18,19,20,21,22). The highest BCUT2D eigenvalue weighted by molar-refractivity contribution is 6.28. The van der Waals surface area contributed by atoms with Crippen LogP contribution in [0.25, 0.3) is 0 Å². The van der Waals surface area contributed by atoms with Gasteiger partial charge in [0.15, 0.2) is 0 Å². The first-order chi connectivity index (χ1) is 11.2. The van der Waals surface area contributed by atoms with E-state index in [9.17, 15) is 0 Å². The summed E-state index contributed by atoms with van der Waals surface area (Å²) in [6.07, 6.45) is 7.66. The number of methoxy groups -OCH3 is 1. The summed E-state index contributed by atoms with van der Waals surface area (Å²) in [5, 5.41) is 6.55. The van der Waals surface area contributed by atoms with Gasteiger partial charge >= 0.3 is 0 Å². The summed E-state index contributed by atoms with van der Waals surface area (Å²) in [7, 11) is 1.56. The Labute approximate surface area is 139 Å². The van der Waals surface area contributed by atoms with Crippen molar-refractivity contribution in [1.82, 2.24) is 19.9 Å². The highest BCUT2D eigenvalue weighted by Gasteiger charge is 2.15. The Morgan fingerprint density at radius 3 is 2.70 bits per heavy atom. The van der Waals surface area contributed by atoms with Crippen LogP contribution in [0.5, 0.6) is 5.88 Å². The fraction of sp³-hybridized carbons (Fsp3) is 0.467. The second-order valence-corrected chi connectivity index (χ2v) is 5.75. The maximum absolute atomic E-state index is 6.02. The Bertz CT molecular complexity index is 662. The molecule has 1 aliphatic rings. The Kier molecular flexibility index (Phi) is 5.07. The van der Waals surface area contributed by atoms with Crippen LogP contribution in [-0.2, 0) is 0 Å². The van der Waals surface area contributed by atoms with Crippen LogP contribution in [0.3, 0.4) is 0 Å². The van der Waals surface area contributed by atoms with E-state index in [4.69, 9.17) is 16.3 Å². The molecule has 0 unspecified atom stereocenters. The van der Waals surface area contributed by atoms with Gasteiger partial charge in [-0.1, -0.05) is 19.3 Å². The number of aromatic nitrogens is 4. The van der Waals surface area contributed by atoms with E-state index in [2.05, 4.69) is 30.6 Å². The number of hydrogen-bond acceptors (Lipinski definition) is 7. The summed E-state index contributed by atoms with van der Waals surface area (Å²) in [4.78, 5) is 16.8. The molecule has 1 saturated carbocycles. The average Bonchev–Trinajstić information content (AvgIpc) is 2.56. The third-order valence-corrected chi connectivity index (χ3v) is 3.93. The van der Waals surface area contributed by atoms with Crippen LogP contribution >= 0.6 is 11.6 Å². The summed E-state index contributed by atoms with van der Waals surface area (Å²) >= 11 is 6.02. The number of halogens is 1. The van der Waals surface area contributed by atoms with Gasteiger partial charge in [0.1, 0.15) is 5.69 Å². The Hall–Kier alpha value is -2.15. The number of nitrogens with one attached hydrogen (secondary N) is 2. The zero-order valence-corrected chi connectivity index (χ0v) is 13.7. The van der Waals surface area contributed by atoms with E-state index in [1.807, 2.05) is 6.07 Å². The monoisotopic (exact) mass is 334 g/mol. The van der Waals surface area contributed by atoms with Crippen LogP contribution in [0.4, 0.5) is 17.6 Å². The lowest BCUT2D eigenvalue weighted by atomic mass is 9.96. The summed E-state index contributed by atoms with van der Waals surface area (Å²) in [5.41, 5.74) is 0.667. The van der Waals surface area contributed by atoms with Crippen molar-refractivity contribution in [2.24, 2.45) is 0 Å². The molecule has 3 rings (SSSR count). The first-order valence-electron chi connectivity index (χ1n) is 7.69. The van der Waals surface area contributed by atoms with Crippen molar-refractivity contribution in [1.29, 1.82) is 0 Å². The normalized spacial score (nSPS) is 15.2. The number of ether oxygens (including phenoxy) is 1. The van der Waals surface area contributed by atoms with Crippen molar-refractivity contribution in [3.8, 4) is 5.88 Å². The number of rotatable bonds is 5. The minimum absolute atomic E-state index is 0.142. The third-order valence-electron chi connectivity index (χ3n) is 3.76. The lowest BCUT2D eigenvalue weighted by molar-refractivity contribution is 0.400. The Balaban J connectivity index is 1.77. The van der Waals surface area contributed by atoms with E-state index in [1.165, 1.54) is 19.3 Å². The van der Waals surface area contributed by atoms with Gasteiger partial charge in [0.2, 0.25) is 23.1 Å². The number of nitrogens with zero attached hydrogens (tertiary/aromatic N) is 4. The highest BCUT2D eigenvalue weighted by Crippen LogP contribution is 2.25. The highest BCUT2D eigenvalue weighted by atomic mass is 35.5. The lowest BCUT2D eigenvalue weighted by Crippen LogP contribution is -2.23. The maximum Gasteiger partial charge on any atom is 0.237 e. The van der Waals surface area contributed by atoms with Crippen molar-refractivity contribution in [2.75, 3.05) is 17.7 Å². The molecule has 0 radical (unpaired) electrons. The number of pyridine rings is 1. The second-order valence-electron chi connectivity index (χ2n) is 5.42. The number of anilines is 3. The van der Waals surface area contributed by atoms with E-state index in [-0.39, 0.29) is 5.28 Å². The van der Waals surface area contributed by atoms with Crippen LogP contribution in [0.15, 0.2) is 18.3 Å². The zero-order valence-electron chi connectivity index (χ0n) is 12.9. The van der Waals surface area contributed by atoms with Crippen LogP contribution < -0.4 is 15.4 Å². The summed E-state index contributed by atoms with van der Waals surface area (Å²) in [6.45, 7) is 0.